The highest BCUT2D eigenvalue weighted by Gasteiger charge is 2.36. The Morgan fingerprint density at radius 3 is 2.29 bits per heavy atom. The molecule has 2 amide bonds. The zero-order valence-electron chi connectivity index (χ0n) is 18.4. The molecule has 0 radical (unpaired) electrons. The Balaban J connectivity index is 1.66. The van der Waals surface area contributed by atoms with Gasteiger partial charge >= 0.3 is 6.03 Å². The predicted molar refractivity (Wildman–Crippen MR) is 124 cm³/mol. The third kappa shape index (κ3) is 3.94. The highest BCUT2D eigenvalue weighted by molar-refractivity contribution is 6.01. The van der Waals surface area contributed by atoms with Crippen molar-refractivity contribution in [3.63, 3.8) is 0 Å². The molecule has 8 heteroatoms. The molecule has 0 saturated carbocycles. The summed E-state index contributed by atoms with van der Waals surface area (Å²) >= 11 is 0. The van der Waals surface area contributed by atoms with Crippen molar-refractivity contribution in [2.75, 3.05) is 4.90 Å². The molecule has 3 aromatic carbocycles. The summed E-state index contributed by atoms with van der Waals surface area (Å²) in [6.45, 7) is 3.67. The molecule has 1 unspecified atom stereocenters. The number of amides is 2. The number of anilines is 1. The lowest BCUT2D eigenvalue weighted by Crippen LogP contribution is -2.46. The quantitative estimate of drug-likeness (QED) is 0.406. The van der Waals surface area contributed by atoms with Crippen LogP contribution in [-0.4, -0.2) is 16.2 Å². The number of nitrogens with zero attached hydrogens (tertiary/aromatic N) is 3. The van der Waals surface area contributed by atoms with Crippen LogP contribution in [0.2, 0.25) is 0 Å². The SMILES string of the molecule is CC1=C(c2nc(-c3ccc(C)cc3)no2)C(c2ccccc2)NC(=O)N1c1cc(F)cc(F)c1. The number of rotatable bonds is 4. The van der Waals surface area contributed by atoms with Crippen LogP contribution < -0.4 is 10.2 Å². The maximum atomic E-state index is 14.0. The average Bonchev–Trinajstić information content (AvgIpc) is 3.29. The number of carbonyl (C=O) groups excluding carboxylic acids is 1. The van der Waals surface area contributed by atoms with Gasteiger partial charge in [-0.1, -0.05) is 65.3 Å². The first kappa shape index (κ1) is 21.5. The van der Waals surface area contributed by atoms with Gasteiger partial charge in [-0.25, -0.2) is 13.6 Å². The third-order valence-corrected chi connectivity index (χ3v) is 5.69. The van der Waals surface area contributed by atoms with E-state index < -0.39 is 23.7 Å². The molecule has 1 aliphatic rings. The summed E-state index contributed by atoms with van der Waals surface area (Å²) in [7, 11) is 0. The first-order valence-electron chi connectivity index (χ1n) is 10.6. The second-order valence-electron chi connectivity index (χ2n) is 8.04. The van der Waals surface area contributed by atoms with Gasteiger partial charge in [-0.15, -0.1) is 0 Å². The Bertz CT molecular complexity index is 1380. The topological polar surface area (TPSA) is 71.3 Å². The summed E-state index contributed by atoms with van der Waals surface area (Å²) in [6, 6.07) is 18.8. The van der Waals surface area contributed by atoms with Crippen LogP contribution in [0.3, 0.4) is 0 Å². The number of carbonyl (C=O) groups is 1. The molecule has 0 fully saturated rings. The number of nitrogens with one attached hydrogen (secondary N) is 1. The van der Waals surface area contributed by atoms with Gasteiger partial charge in [0.2, 0.25) is 5.82 Å². The van der Waals surface area contributed by atoms with E-state index in [1.807, 2.05) is 61.5 Å². The number of urea groups is 1. The van der Waals surface area contributed by atoms with Gasteiger partial charge in [0.25, 0.3) is 5.89 Å². The van der Waals surface area contributed by atoms with Crippen molar-refractivity contribution in [2.24, 2.45) is 0 Å². The summed E-state index contributed by atoms with van der Waals surface area (Å²) in [6.07, 6.45) is 0. The van der Waals surface area contributed by atoms with Crippen molar-refractivity contribution in [1.82, 2.24) is 15.5 Å². The minimum Gasteiger partial charge on any atom is -0.334 e. The van der Waals surface area contributed by atoms with Crippen LogP contribution in [0.4, 0.5) is 19.3 Å². The van der Waals surface area contributed by atoms with Crippen LogP contribution in [-0.2, 0) is 0 Å². The standard InChI is InChI=1S/C26H20F2N4O2/c1-15-8-10-18(11-9-15)24-30-25(34-31-24)22-16(2)32(21-13-19(27)12-20(28)14-21)26(33)29-23(22)17-6-4-3-5-7-17/h3-14,23H,1-2H3,(H,29,33). The van der Waals surface area contributed by atoms with Crippen LogP contribution in [0.5, 0.6) is 0 Å². The predicted octanol–water partition coefficient (Wildman–Crippen LogP) is 6.03. The molecule has 5 rings (SSSR count). The lowest BCUT2D eigenvalue weighted by atomic mass is 9.94. The maximum Gasteiger partial charge on any atom is 0.327 e. The van der Waals surface area contributed by atoms with Crippen molar-refractivity contribution in [3.05, 3.63) is 107 Å². The highest BCUT2D eigenvalue weighted by Crippen LogP contribution is 2.39. The normalized spacial score (nSPS) is 16.1. The van der Waals surface area contributed by atoms with Gasteiger partial charge in [0.05, 0.1) is 17.3 Å². The van der Waals surface area contributed by atoms with Crippen molar-refractivity contribution in [3.8, 4) is 11.4 Å². The van der Waals surface area contributed by atoms with Crippen LogP contribution >= 0.6 is 0 Å². The molecule has 170 valence electrons. The zero-order chi connectivity index (χ0) is 23.8. The van der Waals surface area contributed by atoms with Crippen molar-refractivity contribution in [1.29, 1.82) is 0 Å². The van der Waals surface area contributed by atoms with Crippen LogP contribution in [0, 0.1) is 18.6 Å². The molecule has 0 saturated heterocycles. The van der Waals surface area contributed by atoms with Gasteiger partial charge in [0, 0.05) is 17.3 Å². The van der Waals surface area contributed by atoms with Gasteiger partial charge in [-0.3, -0.25) is 4.90 Å². The molecule has 0 aliphatic carbocycles. The van der Waals surface area contributed by atoms with Crippen molar-refractivity contribution < 1.29 is 18.1 Å². The zero-order valence-corrected chi connectivity index (χ0v) is 18.4. The molecule has 6 nitrogen and oxygen atoms in total. The van der Waals surface area contributed by atoms with Gasteiger partial charge < -0.3 is 9.84 Å². The number of allylic oxidation sites excluding steroid dienone is 1. The van der Waals surface area contributed by atoms with E-state index >= 15 is 0 Å². The Labute approximate surface area is 194 Å². The summed E-state index contributed by atoms with van der Waals surface area (Å²) in [5.74, 6) is -0.991. The first-order chi connectivity index (χ1) is 16.4. The largest absolute Gasteiger partial charge is 0.334 e. The molecule has 0 spiro atoms. The fourth-order valence-electron chi connectivity index (χ4n) is 4.05. The van der Waals surface area contributed by atoms with Crippen molar-refractivity contribution in [2.45, 2.75) is 19.9 Å². The first-order valence-corrected chi connectivity index (χ1v) is 10.6. The molecule has 1 aliphatic heterocycles. The van der Waals surface area contributed by atoms with Crippen LogP contribution in [0.25, 0.3) is 17.0 Å². The Kier molecular flexibility index (Phi) is 5.41. The van der Waals surface area contributed by atoms with Crippen LogP contribution in [0.15, 0.2) is 83.0 Å². The smallest absolute Gasteiger partial charge is 0.327 e. The summed E-state index contributed by atoms with van der Waals surface area (Å²) in [5.41, 5.74) is 3.67. The van der Waals surface area contributed by atoms with Gasteiger partial charge in [-0.05, 0) is 31.5 Å². The Morgan fingerprint density at radius 2 is 1.62 bits per heavy atom. The Hall–Kier alpha value is -4.33. The Morgan fingerprint density at radius 1 is 0.941 bits per heavy atom. The number of aryl methyl sites for hydroxylation is 1. The molecule has 1 atom stereocenters. The molecule has 4 aromatic rings. The van der Waals surface area contributed by atoms with E-state index in [-0.39, 0.29) is 11.6 Å². The minimum absolute atomic E-state index is 0.0507. The minimum atomic E-state index is -0.790. The third-order valence-electron chi connectivity index (χ3n) is 5.69. The fourth-order valence-corrected chi connectivity index (χ4v) is 4.05. The van der Waals surface area contributed by atoms with Crippen molar-refractivity contribution >= 4 is 17.3 Å². The number of halogens is 2. The van der Waals surface area contributed by atoms with E-state index in [1.165, 1.54) is 4.90 Å². The molecule has 1 N–H and O–H groups in total. The molecule has 2 heterocycles. The van der Waals surface area contributed by atoms with E-state index in [1.54, 1.807) is 6.92 Å². The van der Waals surface area contributed by atoms with E-state index in [4.69, 9.17) is 4.52 Å². The van der Waals surface area contributed by atoms with Crippen LogP contribution in [0.1, 0.15) is 30.0 Å². The number of benzene rings is 3. The highest BCUT2D eigenvalue weighted by atomic mass is 19.1. The summed E-state index contributed by atoms with van der Waals surface area (Å²) < 4.78 is 33.6. The van der Waals surface area contributed by atoms with E-state index in [0.29, 0.717) is 17.1 Å². The summed E-state index contributed by atoms with van der Waals surface area (Å²) in [5, 5.41) is 7.04. The number of hydrogen-bond donors (Lipinski definition) is 1. The molecular formula is C26H20F2N4O2. The number of hydrogen-bond acceptors (Lipinski definition) is 4. The van der Waals surface area contributed by atoms with E-state index in [0.717, 1.165) is 34.9 Å². The summed E-state index contributed by atoms with van der Waals surface area (Å²) in [4.78, 5) is 18.9. The second kappa shape index (κ2) is 8.55. The second-order valence-corrected chi connectivity index (χ2v) is 8.04. The number of aromatic nitrogens is 2. The maximum absolute atomic E-state index is 14.0. The van der Waals surface area contributed by atoms with E-state index in [2.05, 4.69) is 15.5 Å². The lowest BCUT2D eigenvalue weighted by Gasteiger charge is -2.35. The molecular weight excluding hydrogens is 438 g/mol. The molecule has 0 bridgehead atoms. The van der Waals surface area contributed by atoms with E-state index in [9.17, 15) is 13.6 Å². The lowest BCUT2D eigenvalue weighted by molar-refractivity contribution is 0.244. The van der Waals surface area contributed by atoms with Gasteiger partial charge in [0.1, 0.15) is 11.6 Å². The van der Waals surface area contributed by atoms with Gasteiger partial charge in [-0.2, -0.15) is 4.98 Å². The molecule has 1 aromatic heterocycles. The average molecular weight is 458 g/mol. The fraction of sp³-hybridized carbons (Fsp3) is 0.115. The molecule has 34 heavy (non-hydrogen) atoms. The van der Waals surface area contributed by atoms with Gasteiger partial charge in [0.15, 0.2) is 0 Å². The monoisotopic (exact) mass is 458 g/mol.